The maximum absolute atomic E-state index is 2.27. The molecule has 0 saturated carbocycles. The van der Waals surface area contributed by atoms with Crippen molar-refractivity contribution in [2.24, 2.45) is 0 Å². The Kier molecular flexibility index (Phi) is 3.65. The highest BCUT2D eigenvalue weighted by molar-refractivity contribution is 7.12. The van der Waals surface area contributed by atoms with Crippen LogP contribution in [0.4, 0.5) is 0 Å². The summed E-state index contributed by atoms with van der Waals surface area (Å²) in [5.74, 6) is 0. The molecule has 1 radical (unpaired) electrons. The number of allylic oxidation sites excluding steroid dienone is 2. The zero-order chi connectivity index (χ0) is 17.5. The van der Waals surface area contributed by atoms with Gasteiger partial charge >= 0.3 is 7.55 Å². The molecule has 0 amide bonds. The fraction of sp³-hybridized carbons (Fsp3) is 0.0455. The van der Waals surface area contributed by atoms with Crippen molar-refractivity contribution in [1.82, 2.24) is 4.48 Å². The fourth-order valence-corrected chi connectivity index (χ4v) is 4.08. The van der Waals surface area contributed by atoms with E-state index in [1.165, 1.54) is 38.8 Å². The summed E-state index contributed by atoms with van der Waals surface area (Å²) in [6, 6.07) is 17.2. The first-order valence-corrected chi connectivity index (χ1v) is 9.57. The fourth-order valence-electron chi connectivity index (χ4n) is 3.33. The molecule has 1 aromatic carbocycles. The van der Waals surface area contributed by atoms with Crippen LogP contribution in [0.15, 0.2) is 71.8 Å². The topological polar surface area (TPSA) is 7.94 Å². The minimum Gasteiger partial charge on any atom is -0.319 e. The monoisotopic (exact) mass is 352 g/mol. The first-order chi connectivity index (χ1) is 12.8. The van der Waals surface area contributed by atoms with Gasteiger partial charge in [-0.2, -0.15) is 0 Å². The molecule has 4 heterocycles. The van der Waals surface area contributed by atoms with E-state index in [1.54, 1.807) is 11.3 Å². The highest BCUT2D eigenvalue weighted by atomic mass is 32.1. The van der Waals surface area contributed by atoms with Gasteiger partial charge in [-0.25, -0.2) is 0 Å². The van der Waals surface area contributed by atoms with Gasteiger partial charge < -0.3 is 4.48 Å². The zero-order valence-electron chi connectivity index (χ0n) is 14.5. The summed E-state index contributed by atoms with van der Waals surface area (Å²) in [4.78, 5) is 1.29. The second kappa shape index (κ2) is 6.15. The molecule has 0 aliphatic carbocycles. The molecule has 26 heavy (non-hydrogen) atoms. The minimum absolute atomic E-state index is 1.17. The van der Waals surface area contributed by atoms with Crippen LogP contribution in [0, 0.1) is 6.92 Å². The van der Waals surface area contributed by atoms with E-state index in [0.29, 0.717) is 0 Å². The Morgan fingerprint density at radius 3 is 2.69 bits per heavy atom. The van der Waals surface area contributed by atoms with Gasteiger partial charge in [-0.15, -0.1) is 11.3 Å². The second-order valence-electron chi connectivity index (χ2n) is 6.55. The maximum atomic E-state index is 2.27. The second-order valence-corrected chi connectivity index (χ2v) is 7.50. The van der Waals surface area contributed by atoms with Gasteiger partial charge in [0.2, 0.25) is 0 Å². The van der Waals surface area contributed by atoms with Crippen molar-refractivity contribution in [2.75, 3.05) is 0 Å². The van der Waals surface area contributed by atoms with Crippen molar-refractivity contribution in [1.29, 1.82) is 0 Å². The normalized spacial score (nSPS) is 15.2. The average Bonchev–Trinajstić information content (AvgIpc) is 3.39. The lowest BCUT2D eigenvalue weighted by Gasteiger charge is -2.11. The van der Waals surface area contributed by atoms with Gasteiger partial charge in [-0.05, 0) is 42.1 Å². The largest absolute Gasteiger partial charge is 0.700 e. The molecule has 0 N–H and O–H groups in total. The van der Waals surface area contributed by atoms with E-state index in [1.807, 2.05) is 0 Å². The molecule has 2 aliphatic rings. The Morgan fingerprint density at radius 1 is 1.00 bits per heavy atom. The molecule has 2 aromatic heterocycles. The standard InChI is InChI=1S/C22H17BN2S/c1-16-4-6-17(7-5-16)8-9-18-10-11-19-15-20-12-13-21(22-3-2-14-26-22)25(20)23-24(18)19/h2-15H,1H3/q+1/b9-8+. The molecule has 0 atom stereocenters. The third kappa shape index (κ3) is 2.63. The van der Waals surface area contributed by atoms with Crippen molar-refractivity contribution in [3.8, 4) is 0 Å². The highest BCUT2D eigenvalue weighted by Crippen LogP contribution is 2.25. The summed E-state index contributed by atoms with van der Waals surface area (Å²) in [7, 11) is 2.19. The van der Waals surface area contributed by atoms with Gasteiger partial charge in [0, 0.05) is 29.6 Å². The number of aromatic nitrogens is 1. The van der Waals surface area contributed by atoms with Crippen LogP contribution in [0.2, 0.25) is 0 Å². The minimum atomic E-state index is 1.17. The smallest absolute Gasteiger partial charge is 0.319 e. The summed E-state index contributed by atoms with van der Waals surface area (Å²) >= 11 is 1.77. The van der Waals surface area contributed by atoms with Gasteiger partial charge in [0.1, 0.15) is 0 Å². The Balaban J connectivity index is 1.50. The molecule has 2 aliphatic heterocycles. The summed E-state index contributed by atoms with van der Waals surface area (Å²) in [6.07, 6.45) is 11.0. The van der Waals surface area contributed by atoms with Gasteiger partial charge in [-0.3, -0.25) is 4.49 Å². The lowest BCUT2D eigenvalue weighted by molar-refractivity contribution is -0.311. The molecule has 3 aromatic rings. The van der Waals surface area contributed by atoms with E-state index >= 15 is 0 Å². The van der Waals surface area contributed by atoms with Crippen LogP contribution in [0.5, 0.6) is 0 Å². The summed E-state index contributed by atoms with van der Waals surface area (Å²) in [6.45, 7) is 2.11. The number of benzene rings is 1. The molecular weight excluding hydrogens is 335 g/mol. The van der Waals surface area contributed by atoms with Crippen LogP contribution in [0.3, 0.4) is 0 Å². The number of rotatable bonds is 3. The Labute approximate surface area is 158 Å². The molecule has 0 spiro atoms. The molecule has 0 bridgehead atoms. The van der Waals surface area contributed by atoms with E-state index < -0.39 is 0 Å². The van der Waals surface area contributed by atoms with Gasteiger partial charge in [0.15, 0.2) is 11.4 Å². The Bertz CT molecular complexity index is 1090. The zero-order valence-corrected chi connectivity index (χ0v) is 15.3. The molecule has 123 valence electrons. The molecule has 5 rings (SSSR count). The number of thiophene rings is 1. The maximum Gasteiger partial charge on any atom is 0.700 e. The van der Waals surface area contributed by atoms with E-state index in [9.17, 15) is 0 Å². The molecule has 0 fully saturated rings. The summed E-state index contributed by atoms with van der Waals surface area (Å²) in [5.41, 5.74) is 7.33. The van der Waals surface area contributed by atoms with Crippen LogP contribution in [-0.2, 0) is 0 Å². The van der Waals surface area contributed by atoms with E-state index in [4.69, 9.17) is 0 Å². The first-order valence-electron chi connectivity index (χ1n) is 8.69. The molecule has 4 heteroatoms. The van der Waals surface area contributed by atoms with Crippen LogP contribution in [-0.4, -0.2) is 22.2 Å². The quantitative estimate of drug-likeness (QED) is 0.596. The number of aryl methyl sites for hydroxylation is 1. The van der Waals surface area contributed by atoms with Gasteiger partial charge in [0.05, 0.1) is 4.88 Å². The molecule has 0 saturated heterocycles. The number of hydrogen-bond donors (Lipinski definition) is 0. The van der Waals surface area contributed by atoms with Crippen LogP contribution in [0.25, 0.3) is 18.2 Å². The van der Waals surface area contributed by atoms with Gasteiger partial charge in [0.25, 0.3) is 0 Å². The number of nitrogens with zero attached hydrogens (tertiary/aromatic N) is 2. The predicted molar refractivity (Wildman–Crippen MR) is 111 cm³/mol. The van der Waals surface area contributed by atoms with Gasteiger partial charge in [-0.1, -0.05) is 42.0 Å². The Hall–Kier alpha value is -2.85. The van der Waals surface area contributed by atoms with E-state index in [0.717, 1.165) is 0 Å². The predicted octanol–water partition coefficient (Wildman–Crippen LogP) is 4.84. The van der Waals surface area contributed by atoms with Crippen molar-refractivity contribution >= 4 is 42.8 Å². The molecule has 0 unspecified atom stereocenters. The van der Waals surface area contributed by atoms with Crippen molar-refractivity contribution in [3.63, 3.8) is 0 Å². The Morgan fingerprint density at radius 2 is 1.88 bits per heavy atom. The molecular formula is C22H17BN2S+. The summed E-state index contributed by atoms with van der Waals surface area (Å²) in [5, 5.41) is 2.12. The number of fused-ring (bicyclic) bond motifs is 2. The average molecular weight is 352 g/mol. The first kappa shape index (κ1) is 15.4. The third-order valence-electron chi connectivity index (χ3n) is 4.76. The number of hydrogen-bond acceptors (Lipinski definition) is 1. The molecule has 2 nitrogen and oxygen atoms in total. The van der Waals surface area contributed by atoms with Crippen LogP contribution < -0.4 is 0 Å². The lowest BCUT2D eigenvalue weighted by Crippen LogP contribution is -2.30. The van der Waals surface area contributed by atoms with Crippen LogP contribution >= 0.6 is 11.3 Å². The third-order valence-corrected chi connectivity index (χ3v) is 5.65. The van der Waals surface area contributed by atoms with E-state index in [2.05, 4.69) is 108 Å². The SMILES string of the molecule is Cc1ccc(/C=C/c2ccc3n2[B][N+]2=C(c4cccs4)C=CC2=C3)cc1. The van der Waals surface area contributed by atoms with Crippen LogP contribution in [0.1, 0.15) is 27.4 Å². The highest BCUT2D eigenvalue weighted by Gasteiger charge is 2.33. The van der Waals surface area contributed by atoms with Crippen molar-refractivity contribution < 1.29 is 4.49 Å². The van der Waals surface area contributed by atoms with E-state index in [-0.39, 0.29) is 0 Å². The summed E-state index contributed by atoms with van der Waals surface area (Å²) < 4.78 is 4.51. The van der Waals surface area contributed by atoms with Crippen molar-refractivity contribution in [2.45, 2.75) is 6.92 Å². The lowest BCUT2D eigenvalue weighted by atomic mass is 10.0. The van der Waals surface area contributed by atoms with Crippen molar-refractivity contribution in [3.05, 3.63) is 99.2 Å².